The van der Waals surface area contributed by atoms with E-state index in [9.17, 15) is 9.90 Å². The summed E-state index contributed by atoms with van der Waals surface area (Å²) in [4.78, 5) is 22.5. The van der Waals surface area contributed by atoms with Crippen LogP contribution in [0.3, 0.4) is 0 Å². The molecule has 0 unspecified atom stereocenters. The fourth-order valence-corrected chi connectivity index (χ4v) is 4.17. The number of pyridine rings is 3. The van der Waals surface area contributed by atoms with Crippen molar-refractivity contribution in [3.63, 3.8) is 0 Å². The summed E-state index contributed by atoms with van der Waals surface area (Å²) in [5.41, 5.74) is 4.79. The molecule has 5 aromatic rings. The van der Waals surface area contributed by atoms with Crippen molar-refractivity contribution >= 4 is 10.9 Å². The second-order valence-corrected chi connectivity index (χ2v) is 8.03. The van der Waals surface area contributed by atoms with Gasteiger partial charge >= 0.3 is 0 Å². The number of rotatable bonds is 6. The highest BCUT2D eigenvalue weighted by atomic mass is 16.3. The lowest BCUT2D eigenvalue weighted by Gasteiger charge is -2.17. The van der Waals surface area contributed by atoms with Gasteiger partial charge in [0.1, 0.15) is 5.75 Å². The van der Waals surface area contributed by atoms with E-state index >= 15 is 0 Å². The minimum absolute atomic E-state index is 0.0559. The van der Waals surface area contributed by atoms with E-state index in [-0.39, 0.29) is 11.3 Å². The summed E-state index contributed by atoms with van der Waals surface area (Å²) in [6, 6.07) is 25.5. The van der Waals surface area contributed by atoms with Crippen molar-refractivity contribution < 1.29 is 5.11 Å². The van der Waals surface area contributed by atoms with Crippen LogP contribution in [0.15, 0.2) is 102 Å². The first-order valence-electron chi connectivity index (χ1n) is 10.9. The maximum Gasteiger partial charge on any atom is 0.254 e. The number of nitrogens with zero attached hydrogens (tertiary/aromatic N) is 3. The predicted octanol–water partition coefficient (Wildman–Crippen LogP) is 5.00. The smallest absolute Gasteiger partial charge is 0.254 e. The summed E-state index contributed by atoms with van der Waals surface area (Å²) in [7, 11) is 0. The van der Waals surface area contributed by atoms with Gasteiger partial charge in [0.2, 0.25) is 0 Å². The summed E-state index contributed by atoms with van der Waals surface area (Å²) in [5.74, 6) is 0.0559. The molecule has 162 valence electrons. The van der Waals surface area contributed by atoms with Crippen molar-refractivity contribution in [3.8, 4) is 17.0 Å². The molecule has 33 heavy (non-hydrogen) atoms. The Kier molecular flexibility index (Phi) is 5.68. The molecular formula is C28H23N3O2. The quantitative estimate of drug-likeness (QED) is 0.409. The van der Waals surface area contributed by atoms with Crippen molar-refractivity contribution in [2.24, 2.45) is 0 Å². The monoisotopic (exact) mass is 433 g/mol. The Bertz CT molecular complexity index is 1450. The fraction of sp³-hybridized carbons (Fsp3) is 0.107. The lowest BCUT2D eigenvalue weighted by Crippen LogP contribution is -2.25. The Morgan fingerprint density at radius 2 is 1.55 bits per heavy atom. The number of hydrogen-bond acceptors (Lipinski definition) is 4. The number of aryl methyl sites for hydroxylation is 2. The van der Waals surface area contributed by atoms with Crippen LogP contribution >= 0.6 is 0 Å². The first kappa shape index (κ1) is 20.6. The lowest BCUT2D eigenvalue weighted by molar-refractivity contribution is 0.479. The van der Waals surface area contributed by atoms with Crippen LogP contribution in [0.2, 0.25) is 0 Å². The maximum absolute atomic E-state index is 13.7. The van der Waals surface area contributed by atoms with Crippen molar-refractivity contribution in [1.29, 1.82) is 0 Å². The van der Waals surface area contributed by atoms with Crippen LogP contribution in [0.1, 0.15) is 16.7 Å². The molecule has 0 aliphatic heterocycles. The first-order valence-corrected chi connectivity index (χ1v) is 10.9. The van der Waals surface area contributed by atoms with Crippen molar-refractivity contribution in [2.45, 2.75) is 19.4 Å². The molecule has 3 heterocycles. The van der Waals surface area contributed by atoms with E-state index in [0.717, 1.165) is 17.5 Å². The molecule has 1 N–H and O–H groups in total. The van der Waals surface area contributed by atoms with Gasteiger partial charge in [-0.1, -0.05) is 60.7 Å². The Morgan fingerprint density at radius 3 is 2.24 bits per heavy atom. The summed E-state index contributed by atoms with van der Waals surface area (Å²) in [5, 5.41) is 11.4. The maximum atomic E-state index is 13.7. The Labute approximate surface area is 191 Å². The van der Waals surface area contributed by atoms with Gasteiger partial charge in [-0.05, 0) is 42.2 Å². The number of benzene rings is 2. The summed E-state index contributed by atoms with van der Waals surface area (Å²) in [6.07, 6.45) is 6.19. The summed E-state index contributed by atoms with van der Waals surface area (Å²) in [6.45, 7) is 0.383. The van der Waals surface area contributed by atoms with E-state index in [0.29, 0.717) is 35.1 Å². The van der Waals surface area contributed by atoms with E-state index in [1.807, 2.05) is 66.7 Å². The molecule has 2 aromatic carbocycles. The van der Waals surface area contributed by atoms with Crippen LogP contribution in [0.5, 0.6) is 5.75 Å². The molecule has 5 heteroatoms. The summed E-state index contributed by atoms with van der Waals surface area (Å²) >= 11 is 0. The average Bonchev–Trinajstić information content (AvgIpc) is 2.87. The van der Waals surface area contributed by atoms with Gasteiger partial charge < -0.3 is 9.67 Å². The zero-order valence-electron chi connectivity index (χ0n) is 18.1. The van der Waals surface area contributed by atoms with Crippen LogP contribution < -0.4 is 5.56 Å². The van der Waals surface area contributed by atoms with Gasteiger partial charge in [-0.25, -0.2) is 0 Å². The highest BCUT2D eigenvalue weighted by Crippen LogP contribution is 2.32. The number of aromatic hydroxyl groups is 1. The van der Waals surface area contributed by atoms with Crippen molar-refractivity contribution in [2.75, 3.05) is 0 Å². The van der Waals surface area contributed by atoms with Crippen molar-refractivity contribution in [1.82, 2.24) is 14.5 Å². The number of hydrogen-bond donors (Lipinski definition) is 1. The normalized spacial score (nSPS) is 11.0. The summed E-state index contributed by atoms with van der Waals surface area (Å²) < 4.78 is 1.74. The van der Waals surface area contributed by atoms with Gasteiger partial charge in [-0.2, -0.15) is 0 Å². The molecule has 0 spiro atoms. The molecule has 0 amide bonds. The van der Waals surface area contributed by atoms with Gasteiger partial charge in [0.15, 0.2) is 0 Å². The highest BCUT2D eigenvalue weighted by Gasteiger charge is 2.18. The molecular weight excluding hydrogens is 410 g/mol. The Balaban J connectivity index is 1.71. The molecule has 5 nitrogen and oxygen atoms in total. The second-order valence-electron chi connectivity index (χ2n) is 8.03. The minimum Gasteiger partial charge on any atom is -0.506 e. The molecule has 0 saturated carbocycles. The van der Waals surface area contributed by atoms with E-state index in [1.165, 1.54) is 11.8 Å². The topological polar surface area (TPSA) is 68.0 Å². The molecule has 0 aliphatic rings. The molecule has 3 aromatic heterocycles. The fourth-order valence-electron chi connectivity index (χ4n) is 4.17. The Hall–Kier alpha value is -4.25. The third-order valence-corrected chi connectivity index (χ3v) is 5.82. The SMILES string of the molecule is O=c1c(CCc2ccccc2)cc2c(O)cnc(-c3cccnc3)c2n1Cc1ccccc1. The standard InChI is InChI=1S/C28H23N3O2/c32-25-18-30-26(23-12-7-15-29-17-23)27-24(25)16-22(14-13-20-8-3-1-4-9-20)28(33)31(27)19-21-10-5-2-6-11-21/h1-12,15-18,32H,13-14,19H2. The van der Waals surface area contributed by atoms with Crippen LogP contribution in [0.25, 0.3) is 22.2 Å². The number of fused-ring (bicyclic) bond motifs is 1. The van der Waals surface area contributed by atoms with Gasteiger partial charge in [0, 0.05) is 28.9 Å². The Morgan fingerprint density at radius 1 is 0.818 bits per heavy atom. The van der Waals surface area contributed by atoms with Gasteiger partial charge in [-0.15, -0.1) is 0 Å². The van der Waals surface area contributed by atoms with Crippen LogP contribution in [0.4, 0.5) is 0 Å². The lowest BCUT2D eigenvalue weighted by atomic mass is 10.0. The van der Waals surface area contributed by atoms with E-state index in [2.05, 4.69) is 22.1 Å². The van der Waals surface area contributed by atoms with Gasteiger partial charge in [-0.3, -0.25) is 14.8 Å². The van der Waals surface area contributed by atoms with Crippen LogP contribution in [0, 0.1) is 0 Å². The van der Waals surface area contributed by atoms with Crippen LogP contribution in [-0.4, -0.2) is 19.6 Å². The molecule has 0 atom stereocenters. The van der Waals surface area contributed by atoms with E-state index < -0.39 is 0 Å². The zero-order chi connectivity index (χ0) is 22.6. The minimum atomic E-state index is -0.0696. The highest BCUT2D eigenvalue weighted by molar-refractivity contribution is 5.95. The van der Waals surface area contributed by atoms with E-state index in [4.69, 9.17) is 0 Å². The first-order chi connectivity index (χ1) is 16.2. The van der Waals surface area contributed by atoms with Crippen LogP contribution in [-0.2, 0) is 19.4 Å². The molecule has 0 fully saturated rings. The third-order valence-electron chi connectivity index (χ3n) is 5.82. The number of aromatic nitrogens is 3. The van der Waals surface area contributed by atoms with E-state index in [1.54, 1.807) is 17.0 Å². The zero-order valence-corrected chi connectivity index (χ0v) is 18.1. The molecule has 0 bridgehead atoms. The second kappa shape index (κ2) is 9.09. The molecule has 0 radical (unpaired) electrons. The predicted molar refractivity (Wildman–Crippen MR) is 130 cm³/mol. The molecule has 0 saturated heterocycles. The largest absolute Gasteiger partial charge is 0.506 e. The molecule has 5 rings (SSSR count). The van der Waals surface area contributed by atoms with Gasteiger partial charge in [0.25, 0.3) is 5.56 Å². The average molecular weight is 434 g/mol. The third kappa shape index (κ3) is 4.26. The van der Waals surface area contributed by atoms with Gasteiger partial charge in [0.05, 0.1) is 24.0 Å². The molecule has 0 aliphatic carbocycles. The van der Waals surface area contributed by atoms with Crippen molar-refractivity contribution in [3.05, 3.63) is 124 Å².